The molecule has 20 heavy (non-hydrogen) atoms. The van der Waals surface area contributed by atoms with E-state index in [9.17, 15) is 14.0 Å². The number of carbonyl (C=O) groups is 2. The molecular formula is C15H20FNO3. The molecule has 0 saturated carbocycles. The smallest absolute Gasteiger partial charge is 0.305 e. The third-order valence-electron chi connectivity index (χ3n) is 2.89. The van der Waals surface area contributed by atoms with Crippen LogP contribution in [-0.4, -0.2) is 25.5 Å². The van der Waals surface area contributed by atoms with E-state index in [0.29, 0.717) is 13.0 Å². The highest BCUT2D eigenvalue weighted by Crippen LogP contribution is 2.04. The molecule has 0 radical (unpaired) electrons. The molecule has 0 aromatic heterocycles. The normalized spacial score (nSPS) is 10.1. The predicted molar refractivity (Wildman–Crippen MR) is 73.6 cm³/mol. The maximum atomic E-state index is 12.7. The average Bonchev–Trinajstić information content (AvgIpc) is 2.44. The Balaban J connectivity index is 2.08. The van der Waals surface area contributed by atoms with Crippen molar-refractivity contribution >= 4 is 11.9 Å². The van der Waals surface area contributed by atoms with Crippen LogP contribution in [0.4, 0.5) is 4.39 Å². The van der Waals surface area contributed by atoms with Gasteiger partial charge in [0.05, 0.1) is 13.5 Å². The summed E-state index contributed by atoms with van der Waals surface area (Å²) < 4.78 is 17.2. The zero-order valence-electron chi connectivity index (χ0n) is 11.7. The standard InChI is InChI=1S/C15H20FNO3/c1-20-15(19)5-3-2-4-10-17-14(18)11-12-6-8-13(16)9-7-12/h6-9H,2-5,10-11H2,1H3,(H,17,18). The van der Waals surface area contributed by atoms with Crippen LogP contribution in [-0.2, 0) is 20.7 Å². The van der Waals surface area contributed by atoms with E-state index in [4.69, 9.17) is 0 Å². The lowest BCUT2D eigenvalue weighted by molar-refractivity contribution is -0.140. The Hall–Kier alpha value is -1.91. The highest BCUT2D eigenvalue weighted by molar-refractivity contribution is 5.78. The Morgan fingerprint density at radius 2 is 1.85 bits per heavy atom. The summed E-state index contributed by atoms with van der Waals surface area (Å²) in [6, 6.07) is 5.89. The number of rotatable bonds is 8. The molecule has 0 atom stereocenters. The summed E-state index contributed by atoms with van der Waals surface area (Å²) in [5.74, 6) is -0.588. The van der Waals surface area contributed by atoms with Crippen LogP contribution < -0.4 is 5.32 Å². The van der Waals surface area contributed by atoms with Crippen molar-refractivity contribution in [1.82, 2.24) is 5.32 Å². The largest absolute Gasteiger partial charge is 0.469 e. The quantitative estimate of drug-likeness (QED) is 0.587. The fourth-order valence-electron chi connectivity index (χ4n) is 1.75. The van der Waals surface area contributed by atoms with Crippen molar-refractivity contribution in [2.45, 2.75) is 32.1 Å². The van der Waals surface area contributed by atoms with E-state index in [1.165, 1.54) is 19.2 Å². The molecule has 1 rings (SSSR count). The molecule has 0 aliphatic heterocycles. The van der Waals surface area contributed by atoms with Gasteiger partial charge in [0.2, 0.25) is 5.91 Å². The predicted octanol–water partition coefficient (Wildman–Crippen LogP) is 2.22. The van der Waals surface area contributed by atoms with Crippen LogP contribution in [0.2, 0.25) is 0 Å². The minimum Gasteiger partial charge on any atom is -0.469 e. The maximum absolute atomic E-state index is 12.7. The number of carbonyl (C=O) groups excluding carboxylic acids is 2. The molecular weight excluding hydrogens is 261 g/mol. The van der Waals surface area contributed by atoms with Crippen LogP contribution in [0.25, 0.3) is 0 Å². The van der Waals surface area contributed by atoms with E-state index in [1.54, 1.807) is 12.1 Å². The van der Waals surface area contributed by atoms with Crippen LogP contribution in [0.1, 0.15) is 31.2 Å². The second kappa shape index (κ2) is 9.07. The second-order valence-electron chi connectivity index (χ2n) is 4.54. The molecule has 0 heterocycles. The van der Waals surface area contributed by atoms with E-state index < -0.39 is 0 Å². The van der Waals surface area contributed by atoms with Gasteiger partial charge in [-0.25, -0.2) is 4.39 Å². The van der Waals surface area contributed by atoms with E-state index in [1.807, 2.05) is 0 Å². The zero-order chi connectivity index (χ0) is 14.8. The van der Waals surface area contributed by atoms with Crippen LogP contribution >= 0.6 is 0 Å². The number of methoxy groups -OCH3 is 1. The molecule has 1 aromatic carbocycles. The zero-order valence-corrected chi connectivity index (χ0v) is 11.7. The van der Waals surface area contributed by atoms with Gasteiger partial charge in [0.25, 0.3) is 0 Å². The van der Waals surface area contributed by atoms with E-state index >= 15 is 0 Å². The van der Waals surface area contributed by atoms with Gasteiger partial charge >= 0.3 is 5.97 Å². The Morgan fingerprint density at radius 3 is 2.50 bits per heavy atom. The molecule has 1 amide bonds. The lowest BCUT2D eigenvalue weighted by Gasteiger charge is -2.05. The van der Waals surface area contributed by atoms with E-state index in [0.717, 1.165) is 24.8 Å². The highest BCUT2D eigenvalue weighted by Gasteiger charge is 2.03. The van der Waals surface area contributed by atoms with Gasteiger partial charge in [0.1, 0.15) is 5.82 Å². The van der Waals surface area contributed by atoms with Gasteiger partial charge in [-0.15, -0.1) is 0 Å². The van der Waals surface area contributed by atoms with E-state index in [-0.39, 0.29) is 24.1 Å². The van der Waals surface area contributed by atoms with Gasteiger partial charge in [0.15, 0.2) is 0 Å². The average molecular weight is 281 g/mol. The molecule has 0 saturated heterocycles. The second-order valence-corrected chi connectivity index (χ2v) is 4.54. The molecule has 110 valence electrons. The van der Waals surface area contributed by atoms with Crippen molar-refractivity contribution in [3.63, 3.8) is 0 Å². The van der Waals surface area contributed by atoms with Crippen LogP contribution in [0.15, 0.2) is 24.3 Å². The Morgan fingerprint density at radius 1 is 1.15 bits per heavy atom. The topological polar surface area (TPSA) is 55.4 Å². The number of nitrogens with one attached hydrogen (secondary N) is 1. The first-order valence-corrected chi connectivity index (χ1v) is 6.70. The van der Waals surface area contributed by atoms with Crippen molar-refractivity contribution < 1.29 is 18.7 Å². The van der Waals surface area contributed by atoms with Crippen molar-refractivity contribution in [3.05, 3.63) is 35.6 Å². The van der Waals surface area contributed by atoms with Crippen molar-refractivity contribution in [2.24, 2.45) is 0 Å². The fourth-order valence-corrected chi connectivity index (χ4v) is 1.75. The molecule has 1 N–H and O–H groups in total. The molecule has 0 unspecified atom stereocenters. The number of amides is 1. The summed E-state index contributed by atoms with van der Waals surface area (Å²) in [6.07, 6.45) is 3.13. The molecule has 0 aliphatic carbocycles. The van der Waals surface area contributed by atoms with Crippen LogP contribution in [0.3, 0.4) is 0 Å². The molecule has 0 spiro atoms. The van der Waals surface area contributed by atoms with E-state index in [2.05, 4.69) is 10.1 Å². The summed E-state index contributed by atoms with van der Waals surface area (Å²) >= 11 is 0. The minimum atomic E-state index is -0.306. The maximum Gasteiger partial charge on any atom is 0.305 e. The van der Waals surface area contributed by atoms with Crippen molar-refractivity contribution in [3.8, 4) is 0 Å². The first-order valence-electron chi connectivity index (χ1n) is 6.70. The summed E-state index contributed by atoms with van der Waals surface area (Å²) in [5, 5.41) is 2.80. The third-order valence-corrected chi connectivity index (χ3v) is 2.89. The Kier molecular flexibility index (Phi) is 7.32. The van der Waals surface area contributed by atoms with Crippen LogP contribution in [0.5, 0.6) is 0 Å². The van der Waals surface area contributed by atoms with Gasteiger partial charge in [-0.05, 0) is 30.5 Å². The van der Waals surface area contributed by atoms with Crippen LogP contribution in [0, 0.1) is 5.82 Å². The first kappa shape index (κ1) is 16.1. The third kappa shape index (κ3) is 6.87. The molecule has 0 fully saturated rings. The number of hydrogen-bond acceptors (Lipinski definition) is 3. The number of esters is 1. The fraction of sp³-hybridized carbons (Fsp3) is 0.467. The first-order chi connectivity index (χ1) is 9.61. The van der Waals surface area contributed by atoms with Gasteiger partial charge in [0, 0.05) is 13.0 Å². The lowest BCUT2D eigenvalue weighted by Crippen LogP contribution is -2.26. The lowest BCUT2D eigenvalue weighted by atomic mass is 10.1. The summed E-state index contributed by atoms with van der Waals surface area (Å²) in [6.45, 7) is 0.585. The number of unbranched alkanes of at least 4 members (excludes halogenated alkanes) is 2. The number of halogens is 1. The molecule has 4 nitrogen and oxygen atoms in total. The minimum absolute atomic E-state index is 0.0791. The van der Waals surface area contributed by atoms with Gasteiger partial charge in [-0.1, -0.05) is 18.6 Å². The summed E-state index contributed by atoms with van der Waals surface area (Å²) in [4.78, 5) is 22.5. The van der Waals surface area contributed by atoms with Crippen molar-refractivity contribution in [2.75, 3.05) is 13.7 Å². The molecule has 5 heteroatoms. The molecule has 1 aromatic rings. The van der Waals surface area contributed by atoms with Crippen molar-refractivity contribution in [1.29, 1.82) is 0 Å². The molecule has 0 bridgehead atoms. The number of ether oxygens (including phenoxy) is 1. The molecule has 0 aliphatic rings. The van der Waals surface area contributed by atoms with Gasteiger partial charge < -0.3 is 10.1 Å². The number of benzene rings is 1. The van der Waals surface area contributed by atoms with Gasteiger partial charge in [-0.2, -0.15) is 0 Å². The summed E-state index contributed by atoms with van der Waals surface area (Å²) in [7, 11) is 1.37. The SMILES string of the molecule is COC(=O)CCCCCNC(=O)Cc1ccc(F)cc1. The Bertz CT molecular complexity index is 431. The Labute approximate surface area is 118 Å². The highest BCUT2D eigenvalue weighted by atomic mass is 19.1. The number of hydrogen-bond donors (Lipinski definition) is 1. The monoisotopic (exact) mass is 281 g/mol. The van der Waals surface area contributed by atoms with Gasteiger partial charge in [-0.3, -0.25) is 9.59 Å². The summed E-state index contributed by atoms with van der Waals surface area (Å²) in [5.41, 5.74) is 0.787.